The van der Waals surface area contributed by atoms with Crippen molar-refractivity contribution in [1.29, 1.82) is 0 Å². The molecule has 0 fully saturated rings. The highest BCUT2D eigenvalue weighted by atomic mass is 31.2. The Morgan fingerprint density at radius 2 is 1.76 bits per heavy atom. The summed E-state index contributed by atoms with van der Waals surface area (Å²) >= 11 is 0. The van der Waals surface area contributed by atoms with Crippen molar-refractivity contribution >= 4 is 15.2 Å². The molecule has 2 aromatic heterocycles. The summed E-state index contributed by atoms with van der Waals surface area (Å²) in [6, 6.07) is 7.25. The van der Waals surface area contributed by atoms with Crippen LogP contribution in [0.1, 0.15) is 12.1 Å². The molecule has 3 rings (SSSR count). The summed E-state index contributed by atoms with van der Waals surface area (Å²) in [5, 5.41) is -1.40. The molecule has 29 heavy (non-hydrogen) atoms. The molecule has 0 radical (unpaired) electrons. The predicted molar refractivity (Wildman–Crippen MR) is 108 cm³/mol. The van der Waals surface area contributed by atoms with Crippen LogP contribution >= 0.6 is 15.2 Å². The van der Waals surface area contributed by atoms with Crippen LogP contribution in [0.2, 0.25) is 0 Å². The molecule has 10 heteroatoms. The summed E-state index contributed by atoms with van der Waals surface area (Å²) in [5.74, 6) is 0. The largest absolute Gasteiger partial charge is 0.336 e. The molecule has 2 heterocycles. The van der Waals surface area contributed by atoms with Gasteiger partial charge in [-0.2, -0.15) is 0 Å². The average molecular weight is 437 g/mol. The van der Waals surface area contributed by atoms with Crippen molar-refractivity contribution in [1.82, 2.24) is 4.98 Å². The van der Waals surface area contributed by atoms with E-state index in [0.717, 1.165) is 11.1 Å². The smallest absolute Gasteiger partial charge is 0.324 e. The van der Waals surface area contributed by atoms with E-state index in [0.29, 0.717) is 5.69 Å². The second-order valence-corrected chi connectivity index (χ2v) is 10.8. The second-order valence-electron chi connectivity index (χ2n) is 7.04. The van der Waals surface area contributed by atoms with Gasteiger partial charge in [0.05, 0.1) is 6.42 Å². The molecule has 0 saturated carbocycles. The third kappa shape index (κ3) is 5.37. The highest BCUT2D eigenvalue weighted by Crippen LogP contribution is 2.56. The van der Waals surface area contributed by atoms with Crippen molar-refractivity contribution in [3.63, 3.8) is 0 Å². The first-order valence-electron chi connectivity index (χ1n) is 8.97. The van der Waals surface area contributed by atoms with Gasteiger partial charge in [0, 0.05) is 24.5 Å². The molecular formula is C19H23N2O6P2+. The monoisotopic (exact) mass is 437 g/mol. The standard InChI is InChI=1S/C19H22N2O6P2/c22-28(23,24)13-12-21-11-6-17(16-4-9-20-10-5-16)14-18(21)15-19(29(25,26)27)7-2-1-3-8-19/h1-7,9-11,14H,8,12-13,15H2,(H3-,22,23,24,25,26,27)/p+1. The molecular weight excluding hydrogens is 414 g/mol. The fourth-order valence-electron chi connectivity index (χ4n) is 3.33. The Bertz CT molecular complexity index is 1030. The van der Waals surface area contributed by atoms with Gasteiger partial charge < -0.3 is 19.6 Å². The summed E-state index contributed by atoms with van der Waals surface area (Å²) < 4.78 is 25.4. The summed E-state index contributed by atoms with van der Waals surface area (Å²) in [4.78, 5) is 42.6. The average Bonchev–Trinajstić information content (AvgIpc) is 2.67. The number of aryl methyl sites for hydroxylation is 1. The SMILES string of the molecule is O=P(O)(O)CC[n+]1ccc(-c2ccncc2)cc1CC1(P(=O)(O)O)C=CC=CC1. The molecule has 154 valence electrons. The van der Waals surface area contributed by atoms with Gasteiger partial charge in [0.15, 0.2) is 18.4 Å². The highest BCUT2D eigenvalue weighted by molar-refractivity contribution is 7.53. The topological polar surface area (TPSA) is 132 Å². The van der Waals surface area contributed by atoms with Crippen LogP contribution in [0.4, 0.5) is 0 Å². The lowest BCUT2D eigenvalue weighted by molar-refractivity contribution is -0.700. The zero-order chi connectivity index (χ0) is 21.1. The summed E-state index contributed by atoms with van der Waals surface area (Å²) in [6.07, 6.45) is 11.4. The first kappa shape index (κ1) is 21.8. The van der Waals surface area contributed by atoms with Gasteiger partial charge in [-0.05, 0) is 29.7 Å². The third-order valence-electron chi connectivity index (χ3n) is 4.96. The molecule has 0 amide bonds. The van der Waals surface area contributed by atoms with E-state index in [1.807, 2.05) is 12.1 Å². The van der Waals surface area contributed by atoms with Crippen molar-refractivity contribution in [3.8, 4) is 11.1 Å². The van der Waals surface area contributed by atoms with Gasteiger partial charge >= 0.3 is 15.2 Å². The molecule has 8 nitrogen and oxygen atoms in total. The third-order valence-corrected chi connectivity index (χ3v) is 7.40. The maximum atomic E-state index is 12.4. The molecule has 0 saturated heterocycles. The van der Waals surface area contributed by atoms with E-state index in [1.165, 1.54) is 6.08 Å². The molecule has 0 spiro atoms. The van der Waals surface area contributed by atoms with Gasteiger partial charge in [0.2, 0.25) is 0 Å². The lowest BCUT2D eigenvalue weighted by Gasteiger charge is -2.31. The van der Waals surface area contributed by atoms with Crippen LogP contribution in [0.5, 0.6) is 0 Å². The van der Waals surface area contributed by atoms with E-state index < -0.39 is 20.3 Å². The Balaban J connectivity index is 2.05. The number of hydrogen-bond donors (Lipinski definition) is 4. The van der Waals surface area contributed by atoms with Gasteiger partial charge in [-0.15, -0.1) is 0 Å². The molecule has 0 bridgehead atoms. The Labute approximate surface area is 168 Å². The molecule has 1 atom stereocenters. The fourth-order valence-corrected chi connectivity index (χ4v) is 4.79. The van der Waals surface area contributed by atoms with E-state index in [-0.39, 0.29) is 25.5 Å². The van der Waals surface area contributed by atoms with Gasteiger partial charge in [0.25, 0.3) is 0 Å². The zero-order valence-corrected chi connectivity index (χ0v) is 17.4. The lowest BCUT2D eigenvalue weighted by Crippen LogP contribution is -2.43. The number of nitrogens with zero attached hydrogens (tertiary/aromatic N) is 2. The normalized spacial score (nSPS) is 19.4. The van der Waals surface area contributed by atoms with Crippen LogP contribution in [0.3, 0.4) is 0 Å². The van der Waals surface area contributed by atoms with Crippen LogP contribution in [-0.2, 0) is 22.1 Å². The van der Waals surface area contributed by atoms with Crippen LogP contribution in [0, 0.1) is 0 Å². The first-order chi connectivity index (χ1) is 13.6. The Kier molecular flexibility index (Phi) is 6.34. The van der Waals surface area contributed by atoms with Crippen molar-refractivity contribution < 1.29 is 33.3 Å². The molecule has 1 aliphatic carbocycles. The Hall–Kier alpha value is -1.92. The van der Waals surface area contributed by atoms with Crippen LogP contribution in [0.15, 0.2) is 67.2 Å². The maximum Gasteiger partial charge on any atom is 0.336 e. The number of rotatable bonds is 7. The van der Waals surface area contributed by atoms with Gasteiger partial charge in [0.1, 0.15) is 11.3 Å². The van der Waals surface area contributed by atoms with Gasteiger partial charge in [-0.25, -0.2) is 4.57 Å². The number of pyridine rings is 2. The molecule has 1 unspecified atom stereocenters. The number of allylic oxidation sites excluding steroid dienone is 4. The number of aromatic nitrogens is 2. The minimum atomic E-state index is -4.51. The molecule has 0 aromatic carbocycles. The fraction of sp³-hybridized carbons (Fsp3) is 0.263. The molecule has 1 aliphatic rings. The molecule has 2 aromatic rings. The van der Waals surface area contributed by atoms with E-state index in [2.05, 4.69) is 4.98 Å². The van der Waals surface area contributed by atoms with Crippen LogP contribution in [0.25, 0.3) is 11.1 Å². The van der Waals surface area contributed by atoms with Crippen molar-refractivity contribution in [3.05, 3.63) is 72.9 Å². The minimum Gasteiger partial charge on any atom is -0.324 e. The molecule has 0 aliphatic heterocycles. The second kappa shape index (κ2) is 8.44. The van der Waals surface area contributed by atoms with Crippen molar-refractivity contribution in [2.45, 2.75) is 24.5 Å². The summed E-state index contributed by atoms with van der Waals surface area (Å²) in [6.45, 7) is 0.0348. The highest BCUT2D eigenvalue weighted by Gasteiger charge is 2.46. The van der Waals surface area contributed by atoms with Gasteiger partial charge in [-0.3, -0.25) is 14.1 Å². The lowest BCUT2D eigenvalue weighted by atomic mass is 9.93. The summed E-state index contributed by atoms with van der Waals surface area (Å²) in [5.41, 5.74) is 2.29. The zero-order valence-electron chi connectivity index (χ0n) is 15.6. The first-order valence-corrected chi connectivity index (χ1v) is 12.4. The van der Waals surface area contributed by atoms with Crippen molar-refractivity contribution in [2.24, 2.45) is 0 Å². The van der Waals surface area contributed by atoms with E-state index in [1.54, 1.807) is 53.5 Å². The van der Waals surface area contributed by atoms with Gasteiger partial charge in [-0.1, -0.05) is 24.3 Å². The Morgan fingerprint density at radius 3 is 2.34 bits per heavy atom. The minimum absolute atomic E-state index is 0.0260. The summed E-state index contributed by atoms with van der Waals surface area (Å²) in [7, 11) is -8.73. The van der Waals surface area contributed by atoms with E-state index in [9.17, 15) is 28.7 Å². The van der Waals surface area contributed by atoms with Crippen molar-refractivity contribution in [2.75, 3.05) is 6.16 Å². The quantitative estimate of drug-likeness (QED) is 0.386. The Morgan fingerprint density at radius 1 is 1.03 bits per heavy atom. The molecule has 4 N–H and O–H groups in total. The van der Waals surface area contributed by atoms with Crippen LogP contribution < -0.4 is 4.57 Å². The van der Waals surface area contributed by atoms with Crippen LogP contribution in [-0.4, -0.2) is 35.9 Å². The predicted octanol–water partition coefficient (Wildman–Crippen LogP) is 2.19. The van der Waals surface area contributed by atoms with E-state index >= 15 is 0 Å². The van der Waals surface area contributed by atoms with E-state index in [4.69, 9.17) is 0 Å². The maximum absolute atomic E-state index is 12.4. The number of hydrogen-bond acceptors (Lipinski definition) is 3.